The Morgan fingerprint density at radius 3 is 2.38 bits per heavy atom. The molecule has 1 aliphatic rings. The highest BCUT2D eigenvalue weighted by molar-refractivity contribution is 7.89. The second-order valence-electron chi connectivity index (χ2n) is 12.2. The van der Waals surface area contributed by atoms with E-state index in [1.54, 1.807) is 6.20 Å². The van der Waals surface area contributed by atoms with E-state index < -0.39 is 34.3 Å². The minimum atomic E-state index is -4.89. The molecule has 0 saturated heterocycles. The number of benzene rings is 3. The lowest BCUT2D eigenvalue weighted by Crippen LogP contribution is -2.31. The number of nitrogens with one attached hydrogen (secondary N) is 1. The average Bonchev–Trinajstić information content (AvgIpc) is 3.94. The molecule has 5 rings (SSSR count). The Kier molecular flexibility index (Phi) is 11.6. The third kappa shape index (κ3) is 9.51. The van der Waals surface area contributed by atoms with Gasteiger partial charge in [0.2, 0.25) is 10.0 Å². The number of alkyl halides is 3. The molecule has 50 heavy (non-hydrogen) atoms. The molecule has 1 saturated carbocycles. The molecule has 10 nitrogen and oxygen atoms in total. The van der Waals surface area contributed by atoms with Crippen molar-refractivity contribution >= 4 is 32.8 Å². The molecule has 1 aromatic heterocycles. The van der Waals surface area contributed by atoms with Gasteiger partial charge in [0.05, 0.1) is 23.2 Å². The SMILES string of the molecule is CCCCC(CC)COC(=O)ON=C(N)c1ccc(S(=O)(=O)NC(c2ccc(OC(F)(F)F)cc2)c2ncc3ccccc3c2C2CC2)cc1. The quantitative estimate of drug-likeness (QED) is 0.0414. The number of aromatic nitrogens is 1. The molecule has 4 aromatic rings. The predicted octanol–water partition coefficient (Wildman–Crippen LogP) is 8.07. The summed E-state index contributed by atoms with van der Waals surface area (Å²) in [6.07, 6.45) is 1.41. The number of sulfonamides is 1. The van der Waals surface area contributed by atoms with Gasteiger partial charge in [0.1, 0.15) is 5.75 Å². The molecule has 0 aliphatic heterocycles. The molecule has 0 amide bonds. The second kappa shape index (κ2) is 15.9. The first-order chi connectivity index (χ1) is 23.9. The van der Waals surface area contributed by atoms with Crippen LogP contribution < -0.4 is 15.2 Å². The Labute approximate surface area is 288 Å². The number of nitrogens with zero attached hydrogens (tertiary/aromatic N) is 2. The number of rotatable bonds is 15. The summed E-state index contributed by atoms with van der Waals surface area (Å²) in [5.74, 6) is -0.253. The fraction of sp³-hybridized carbons (Fsp3) is 0.361. The first-order valence-corrected chi connectivity index (χ1v) is 17.9. The van der Waals surface area contributed by atoms with Crippen molar-refractivity contribution in [3.8, 4) is 5.75 Å². The summed E-state index contributed by atoms with van der Waals surface area (Å²) in [6, 6.07) is 17.0. The van der Waals surface area contributed by atoms with Crippen molar-refractivity contribution in [1.29, 1.82) is 0 Å². The molecule has 3 aromatic carbocycles. The summed E-state index contributed by atoms with van der Waals surface area (Å²) in [5, 5.41) is 5.44. The molecule has 0 spiro atoms. The van der Waals surface area contributed by atoms with Crippen molar-refractivity contribution in [2.24, 2.45) is 16.8 Å². The molecule has 1 aliphatic carbocycles. The van der Waals surface area contributed by atoms with E-state index in [9.17, 15) is 26.4 Å². The Balaban J connectivity index is 1.38. The first kappa shape index (κ1) is 36.6. The van der Waals surface area contributed by atoms with Crippen LogP contribution in [0.15, 0.2) is 89.0 Å². The maximum atomic E-state index is 13.9. The van der Waals surface area contributed by atoms with Crippen molar-refractivity contribution in [1.82, 2.24) is 9.71 Å². The number of carbonyl (C=O) groups is 1. The van der Waals surface area contributed by atoms with Crippen LogP contribution >= 0.6 is 0 Å². The fourth-order valence-corrected chi connectivity index (χ4v) is 6.84. The third-order valence-electron chi connectivity index (χ3n) is 8.51. The van der Waals surface area contributed by atoms with E-state index in [-0.39, 0.29) is 34.7 Å². The number of ether oxygens (including phenoxy) is 2. The number of carbonyl (C=O) groups excluding carboxylic acids is 1. The average molecular weight is 713 g/mol. The zero-order valence-corrected chi connectivity index (χ0v) is 28.5. The van der Waals surface area contributed by atoms with E-state index in [4.69, 9.17) is 20.3 Å². The van der Waals surface area contributed by atoms with E-state index in [0.717, 1.165) is 67.0 Å². The van der Waals surface area contributed by atoms with E-state index in [1.165, 1.54) is 36.4 Å². The summed E-state index contributed by atoms with van der Waals surface area (Å²) < 4.78 is 78.2. The summed E-state index contributed by atoms with van der Waals surface area (Å²) in [5.41, 5.74) is 7.98. The Morgan fingerprint density at radius 2 is 1.74 bits per heavy atom. The molecule has 0 bridgehead atoms. The normalized spacial score (nSPS) is 15.0. The number of halogens is 3. The van der Waals surface area contributed by atoms with Gasteiger partial charge in [-0.05, 0) is 84.0 Å². The molecule has 14 heteroatoms. The second-order valence-corrected chi connectivity index (χ2v) is 13.9. The van der Waals surface area contributed by atoms with Crippen LogP contribution in [0.2, 0.25) is 0 Å². The van der Waals surface area contributed by atoms with Crippen LogP contribution in [0, 0.1) is 5.92 Å². The topological polar surface area (TPSA) is 142 Å². The molecular weight excluding hydrogens is 673 g/mol. The highest BCUT2D eigenvalue weighted by atomic mass is 32.2. The van der Waals surface area contributed by atoms with Crippen molar-refractivity contribution in [3.05, 3.63) is 101 Å². The van der Waals surface area contributed by atoms with Crippen LogP contribution in [-0.4, -0.2) is 38.4 Å². The summed E-state index contributed by atoms with van der Waals surface area (Å²) in [4.78, 5) is 21.4. The molecule has 1 fully saturated rings. The highest BCUT2D eigenvalue weighted by Crippen LogP contribution is 2.46. The summed E-state index contributed by atoms with van der Waals surface area (Å²) in [6.45, 7) is 4.31. The standard InChI is InChI=1S/C36H39F3N4O6S/c1-3-5-8-23(4-2)22-47-35(44)49-42-34(40)26-15-19-29(20-16-26)50(45,46)43-32(25-13-17-28(18-14-25)48-36(37,38)39)33-31(24-11-12-24)30-10-7-6-9-27(30)21-41-33/h6-7,9-10,13-21,23-24,32,43H,3-5,8,11-12,22H2,1-2H3,(H2,40,42). The van der Waals surface area contributed by atoms with Gasteiger partial charge in [0.15, 0.2) is 5.84 Å². The highest BCUT2D eigenvalue weighted by Gasteiger charge is 2.35. The molecule has 0 radical (unpaired) electrons. The van der Waals surface area contributed by atoms with Gasteiger partial charge < -0.3 is 15.2 Å². The molecule has 266 valence electrons. The number of unbranched alkanes of at least 4 members (excludes halogenated alkanes) is 1. The molecular formula is C36H39F3N4O6S. The van der Waals surface area contributed by atoms with Gasteiger partial charge in [-0.1, -0.05) is 74.7 Å². The monoisotopic (exact) mass is 712 g/mol. The number of amidine groups is 1. The minimum Gasteiger partial charge on any atom is -0.432 e. The Morgan fingerprint density at radius 1 is 1.04 bits per heavy atom. The van der Waals surface area contributed by atoms with Gasteiger partial charge in [-0.25, -0.2) is 13.2 Å². The maximum Gasteiger partial charge on any atom is 0.573 e. The van der Waals surface area contributed by atoms with Crippen LogP contribution in [0.5, 0.6) is 5.75 Å². The van der Waals surface area contributed by atoms with Gasteiger partial charge in [-0.2, -0.15) is 4.72 Å². The number of hydrogen-bond acceptors (Lipinski definition) is 8. The first-order valence-electron chi connectivity index (χ1n) is 16.4. The molecule has 2 unspecified atom stereocenters. The molecule has 2 atom stereocenters. The van der Waals surface area contributed by atoms with Gasteiger partial charge in [-0.3, -0.25) is 9.82 Å². The number of nitrogens with two attached hydrogens (primary N) is 1. The van der Waals surface area contributed by atoms with Crippen molar-refractivity contribution in [2.45, 2.75) is 75.6 Å². The van der Waals surface area contributed by atoms with E-state index >= 15 is 0 Å². The minimum absolute atomic E-state index is 0.122. The van der Waals surface area contributed by atoms with E-state index in [2.05, 4.69) is 21.5 Å². The smallest absolute Gasteiger partial charge is 0.432 e. The predicted molar refractivity (Wildman–Crippen MR) is 182 cm³/mol. The summed E-state index contributed by atoms with van der Waals surface area (Å²) >= 11 is 0. The number of oxime groups is 1. The fourth-order valence-electron chi connectivity index (χ4n) is 5.65. The largest absolute Gasteiger partial charge is 0.573 e. The number of hydrogen-bond donors (Lipinski definition) is 2. The lowest BCUT2D eigenvalue weighted by Gasteiger charge is -2.23. The van der Waals surface area contributed by atoms with Crippen molar-refractivity contribution < 1.29 is 40.7 Å². The molecule has 1 heterocycles. The van der Waals surface area contributed by atoms with Crippen LogP contribution in [0.4, 0.5) is 18.0 Å². The number of fused-ring (bicyclic) bond motifs is 1. The van der Waals surface area contributed by atoms with Crippen LogP contribution in [0.25, 0.3) is 10.8 Å². The van der Waals surface area contributed by atoms with E-state index in [1.807, 2.05) is 31.2 Å². The zero-order valence-electron chi connectivity index (χ0n) is 27.7. The Hall–Kier alpha value is -4.69. The van der Waals surface area contributed by atoms with E-state index in [0.29, 0.717) is 11.3 Å². The van der Waals surface area contributed by atoms with Gasteiger partial charge in [-0.15, -0.1) is 13.2 Å². The van der Waals surface area contributed by atoms with Gasteiger partial charge in [0.25, 0.3) is 0 Å². The van der Waals surface area contributed by atoms with Gasteiger partial charge >= 0.3 is 12.5 Å². The van der Waals surface area contributed by atoms with Crippen LogP contribution in [0.1, 0.15) is 86.7 Å². The Bertz CT molecular complexity index is 1920. The van der Waals surface area contributed by atoms with Crippen molar-refractivity contribution in [3.63, 3.8) is 0 Å². The summed E-state index contributed by atoms with van der Waals surface area (Å²) in [7, 11) is -4.25. The maximum absolute atomic E-state index is 13.9. The zero-order chi connectivity index (χ0) is 35.9. The lowest BCUT2D eigenvalue weighted by molar-refractivity contribution is -0.274. The van der Waals surface area contributed by atoms with Crippen LogP contribution in [-0.2, 0) is 19.6 Å². The lowest BCUT2D eigenvalue weighted by atomic mass is 9.94. The number of pyridine rings is 1. The van der Waals surface area contributed by atoms with Crippen LogP contribution in [0.3, 0.4) is 0 Å². The molecule has 3 N–H and O–H groups in total. The van der Waals surface area contributed by atoms with Gasteiger partial charge in [0, 0.05) is 17.1 Å². The third-order valence-corrected chi connectivity index (χ3v) is 9.95. The van der Waals surface area contributed by atoms with Crippen molar-refractivity contribution in [2.75, 3.05) is 6.61 Å².